The Bertz CT molecular complexity index is 384. The van der Waals surface area contributed by atoms with Crippen LogP contribution < -0.4 is 5.73 Å². The lowest BCUT2D eigenvalue weighted by molar-refractivity contribution is -0.138. The first-order chi connectivity index (χ1) is 7.36. The Balaban J connectivity index is 3.22. The molecule has 0 radical (unpaired) electrons. The molecule has 1 nitrogen and oxygen atoms in total. The van der Waals surface area contributed by atoms with Crippen molar-refractivity contribution < 1.29 is 17.6 Å². The van der Waals surface area contributed by atoms with E-state index in [2.05, 4.69) is 6.58 Å². The van der Waals surface area contributed by atoms with Crippen molar-refractivity contribution in [3.63, 3.8) is 0 Å². The minimum absolute atomic E-state index is 0.117. The third kappa shape index (κ3) is 2.82. The molecule has 1 atom stereocenters. The van der Waals surface area contributed by atoms with Gasteiger partial charge >= 0.3 is 6.18 Å². The second-order valence-electron chi connectivity index (χ2n) is 3.36. The molecule has 0 spiro atoms. The quantitative estimate of drug-likeness (QED) is 0.628. The summed E-state index contributed by atoms with van der Waals surface area (Å²) in [6, 6.07) is 1.66. The molecule has 0 aliphatic carbocycles. The highest BCUT2D eigenvalue weighted by molar-refractivity contribution is 5.33. The highest BCUT2D eigenvalue weighted by Crippen LogP contribution is 2.35. The fourth-order valence-electron chi connectivity index (χ4n) is 1.40. The Morgan fingerprint density at radius 1 is 1.38 bits per heavy atom. The summed E-state index contributed by atoms with van der Waals surface area (Å²) in [5.41, 5.74) is 4.42. The molecule has 1 aromatic carbocycles. The van der Waals surface area contributed by atoms with Crippen molar-refractivity contribution in [3.05, 3.63) is 47.8 Å². The summed E-state index contributed by atoms with van der Waals surface area (Å²) < 4.78 is 50.5. The van der Waals surface area contributed by atoms with Crippen LogP contribution in [0.5, 0.6) is 0 Å². The van der Waals surface area contributed by atoms with Gasteiger partial charge in [-0.15, -0.1) is 6.58 Å². The van der Waals surface area contributed by atoms with Gasteiger partial charge in [-0.05, 0) is 24.1 Å². The second kappa shape index (κ2) is 4.65. The summed E-state index contributed by atoms with van der Waals surface area (Å²) in [6.45, 7) is 3.40. The van der Waals surface area contributed by atoms with Crippen LogP contribution in [-0.2, 0) is 6.18 Å². The molecule has 16 heavy (non-hydrogen) atoms. The predicted molar refractivity (Wildman–Crippen MR) is 53.1 cm³/mol. The molecule has 1 aromatic rings. The fraction of sp³-hybridized carbons (Fsp3) is 0.273. The Morgan fingerprint density at radius 3 is 2.50 bits per heavy atom. The minimum Gasteiger partial charge on any atom is -0.324 e. The summed E-state index contributed by atoms with van der Waals surface area (Å²) in [7, 11) is 0. The van der Waals surface area contributed by atoms with Crippen LogP contribution in [0, 0.1) is 5.82 Å². The molecule has 2 N–H and O–H groups in total. The van der Waals surface area contributed by atoms with Gasteiger partial charge in [0.25, 0.3) is 0 Å². The molecule has 1 rings (SSSR count). The molecule has 5 heteroatoms. The average molecular weight is 233 g/mol. The number of nitrogens with two attached hydrogens (primary N) is 1. The molecular weight excluding hydrogens is 222 g/mol. The molecular formula is C11H11F4N. The summed E-state index contributed by atoms with van der Waals surface area (Å²) >= 11 is 0. The van der Waals surface area contributed by atoms with Gasteiger partial charge < -0.3 is 5.73 Å². The third-order valence-corrected chi connectivity index (χ3v) is 2.14. The van der Waals surface area contributed by atoms with E-state index in [0.717, 1.165) is 12.1 Å². The molecule has 0 heterocycles. The van der Waals surface area contributed by atoms with Crippen LogP contribution in [0.25, 0.3) is 0 Å². The van der Waals surface area contributed by atoms with Crippen molar-refractivity contribution in [1.29, 1.82) is 0 Å². The first kappa shape index (κ1) is 12.7. The van der Waals surface area contributed by atoms with E-state index in [0.29, 0.717) is 6.07 Å². The highest BCUT2D eigenvalue weighted by atomic mass is 19.4. The van der Waals surface area contributed by atoms with E-state index in [1.165, 1.54) is 6.08 Å². The maximum absolute atomic E-state index is 12.8. The van der Waals surface area contributed by atoms with E-state index in [1.54, 1.807) is 0 Å². The monoisotopic (exact) mass is 233 g/mol. The largest absolute Gasteiger partial charge is 0.416 e. The van der Waals surface area contributed by atoms with Crippen molar-refractivity contribution >= 4 is 0 Å². The Hall–Kier alpha value is -1.36. The maximum atomic E-state index is 12.8. The normalized spacial score (nSPS) is 13.6. The zero-order valence-electron chi connectivity index (χ0n) is 8.39. The summed E-state index contributed by atoms with van der Waals surface area (Å²) in [5.74, 6) is -0.929. The number of alkyl halides is 3. The van der Waals surface area contributed by atoms with Crippen LogP contribution in [0.4, 0.5) is 17.6 Å². The van der Waals surface area contributed by atoms with Gasteiger partial charge in [-0.1, -0.05) is 12.1 Å². The lowest BCUT2D eigenvalue weighted by atomic mass is 9.98. The second-order valence-corrected chi connectivity index (χ2v) is 3.36. The first-order valence-corrected chi connectivity index (χ1v) is 4.59. The minimum atomic E-state index is -4.60. The van der Waals surface area contributed by atoms with Gasteiger partial charge in [0, 0.05) is 6.04 Å². The average Bonchev–Trinajstić information content (AvgIpc) is 2.16. The number of rotatable bonds is 3. The van der Waals surface area contributed by atoms with E-state index in [4.69, 9.17) is 5.73 Å². The van der Waals surface area contributed by atoms with Gasteiger partial charge in [-0.25, -0.2) is 4.39 Å². The van der Waals surface area contributed by atoms with Crippen LogP contribution in [-0.4, -0.2) is 0 Å². The van der Waals surface area contributed by atoms with Gasteiger partial charge in [-0.3, -0.25) is 0 Å². The van der Waals surface area contributed by atoms with Crippen molar-refractivity contribution in [2.75, 3.05) is 0 Å². The Labute approximate surface area is 90.6 Å². The number of hydrogen-bond acceptors (Lipinski definition) is 1. The first-order valence-electron chi connectivity index (χ1n) is 4.59. The molecule has 0 fully saturated rings. The molecule has 0 unspecified atom stereocenters. The maximum Gasteiger partial charge on any atom is 0.416 e. The molecule has 0 amide bonds. The van der Waals surface area contributed by atoms with E-state index < -0.39 is 23.6 Å². The summed E-state index contributed by atoms with van der Waals surface area (Å²) in [6.07, 6.45) is -2.97. The smallest absolute Gasteiger partial charge is 0.324 e. The number of halogens is 4. The Morgan fingerprint density at radius 2 is 2.00 bits per heavy atom. The van der Waals surface area contributed by atoms with Crippen LogP contribution in [0.2, 0.25) is 0 Å². The lowest BCUT2D eigenvalue weighted by Gasteiger charge is -2.17. The van der Waals surface area contributed by atoms with E-state index >= 15 is 0 Å². The summed E-state index contributed by atoms with van der Waals surface area (Å²) in [4.78, 5) is 0. The summed E-state index contributed by atoms with van der Waals surface area (Å²) in [5, 5.41) is 0. The third-order valence-electron chi connectivity index (χ3n) is 2.14. The molecule has 0 bridgehead atoms. The highest BCUT2D eigenvalue weighted by Gasteiger charge is 2.34. The van der Waals surface area contributed by atoms with Gasteiger partial charge in [0.2, 0.25) is 0 Å². The van der Waals surface area contributed by atoms with Crippen molar-refractivity contribution in [3.8, 4) is 0 Å². The molecule has 0 saturated carbocycles. The number of hydrogen-bond donors (Lipinski definition) is 1. The van der Waals surface area contributed by atoms with Crippen molar-refractivity contribution in [2.24, 2.45) is 5.73 Å². The fourth-order valence-corrected chi connectivity index (χ4v) is 1.40. The molecule has 0 aliphatic heterocycles. The molecule has 0 aliphatic rings. The van der Waals surface area contributed by atoms with E-state index in [9.17, 15) is 17.6 Å². The van der Waals surface area contributed by atoms with Gasteiger partial charge in [-0.2, -0.15) is 13.2 Å². The molecule has 0 saturated heterocycles. The van der Waals surface area contributed by atoms with Gasteiger partial charge in [0.15, 0.2) is 0 Å². The zero-order valence-corrected chi connectivity index (χ0v) is 8.39. The SMILES string of the molecule is C=CC[C@@H](N)c1ccc(F)cc1C(F)(F)F. The van der Waals surface area contributed by atoms with Crippen LogP contribution in [0.15, 0.2) is 30.9 Å². The van der Waals surface area contributed by atoms with Gasteiger partial charge in [0.1, 0.15) is 5.82 Å². The van der Waals surface area contributed by atoms with E-state index in [1.807, 2.05) is 0 Å². The lowest BCUT2D eigenvalue weighted by Crippen LogP contribution is -2.17. The Kier molecular flexibility index (Phi) is 3.70. The van der Waals surface area contributed by atoms with Crippen molar-refractivity contribution in [2.45, 2.75) is 18.6 Å². The van der Waals surface area contributed by atoms with Crippen LogP contribution in [0.1, 0.15) is 23.6 Å². The van der Waals surface area contributed by atoms with Gasteiger partial charge in [0.05, 0.1) is 5.56 Å². The van der Waals surface area contributed by atoms with E-state index in [-0.39, 0.29) is 12.0 Å². The molecule has 88 valence electrons. The molecule has 0 aromatic heterocycles. The standard InChI is InChI=1S/C11H11F4N/c1-2-3-10(16)8-5-4-7(12)6-9(8)11(13,14)15/h2,4-6,10H,1,3,16H2/t10-/m1/s1. The predicted octanol–water partition coefficient (Wildman–Crippen LogP) is 3.42. The van der Waals surface area contributed by atoms with Crippen LogP contribution in [0.3, 0.4) is 0 Å². The zero-order chi connectivity index (χ0) is 12.3. The topological polar surface area (TPSA) is 26.0 Å². The van der Waals surface area contributed by atoms with Crippen LogP contribution >= 0.6 is 0 Å². The number of benzene rings is 1. The van der Waals surface area contributed by atoms with Crippen molar-refractivity contribution in [1.82, 2.24) is 0 Å².